The summed E-state index contributed by atoms with van der Waals surface area (Å²) in [6.07, 6.45) is 1.85. The minimum atomic E-state index is -0.516. The summed E-state index contributed by atoms with van der Waals surface area (Å²) in [7, 11) is 0. The van der Waals surface area contributed by atoms with Gasteiger partial charge in [0, 0.05) is 23.9 Å². The van der Waals surface area contributed by atoms with Crippen LogP contribution in [0.1, 0.15) is 18.9 Å². The zero-order valence-electron chi connectivity index (χ0n) is 14.7. The number of para-hydroxylation sites is 1. The number of hydrogen-bond acceptors (Lipinski definition) is 6. The molecule has 0 radical (unpaired) electrons. The number of amides is 1. The highest BCUT2D eigenvalue weighted by Gasteiger charge is 2.28. The standard InChI is InChI=1S/C19H16N4O4S/c24-17(20-12-4-3-5-14(10-12)23(26)27)11-28-19-21-16-7-2-1-6-15(16)18(25)22(19)13-8-9-13/h1-7,10,13H,8-9,11H2,(H,20,24). The zero-order valence-corrected chi connectivity index (χ0v) is 15.5. The number of thioether (sulfide) groups is 1. The number of benzene rings is 2. The molecule has 0 unspecified atom stereocenters. The Hall–Kier alpha value is -3.20. The van der Waals surface area contributed by atoms with E-state index in [9.17, 15) is 19.7 Å². The van der Waals surface area contributed by atoms with Crippen LogP contribution in [-0.2, 0) is 4.79 Å². The normalized spacial score (nSPS) is 13.4. The average molecular weight is 396 g/mol. The molecule has 1 fully saturated rings. The maximum absolute atomic E-state index is 12.8. The van der Waals surface area contributed by atoms with Gasteiger partial charge in [0.2, 0.25) is 5.91 Å². The van der Waals surface area contributed by atoms with Crippen molar-refractivity contribution in [3.63, 3.8) is 0 Å². The summed E-state index contributed by atoms with van der Waals surface area (Å²) in [6.45, 7) is 0. The number of fused-ring (bicyclic) bond motifs is 1. The van der Waals surface area contributed by atoms with Gasteiger partial charge in [-0.1, -0.05) is 30.0 Å². The molecule has 1 heterocycles. The largest absolute Gasteiger partial charge is 0.325 e. The molecule has 1 aliphatic rings. The summed E-state index contributed by atoms with van der Waals surface area (Å²) < 4.78 is 1.67. The molecule has 28 heavy (non-hydrogen) atoms. The van der Waals surface area contributed by atoms with Gasteiger partial charge in [0.15, 0.2) is 5.16 Å². The van der Waals surface area contributed by atoms with E-state index < -0.39 is 4.92 Å². The zero-order chi connectivity index (χ0) is 19.7. The molecule has 0 saturated heterocycles. The Morgan fingerprint density at radius 2 is 2.04 bits per heavy atom. The maximum Gasteiger partial charge on any atom is 0.271 e. The molecule has 0 bridgehead atoms. The summed E-state index contributed by atoms with van der Waals surface area (Å²) in [6, 6.07) is 13.1. The number of carbonyl (C=O) groups excluding carboxylic acids is 1. The first-order valence-corrected chi connectivity index (χ1v) is 9.70. The number of non-ortho nitro benzene ring substituents is 1. The van der Waals surface area contributed by atoms with Crippen LogP contribution in [-0.4, -0.2) is 26.1 Å². The minimum Gasteiger partial charge on any atom is -0.325 e. The third-order valence-electron chi connectivity index (χ3n) is 4.36. The summed E-state index contributed by atoms with van der Waals surface area (Å²) in [5.41, 5.74) is 0.774. The second-order valence-electron chi connectivity index (χ2n) is 6.46. The molecular weight excluding hydrogens is 380 g/mol. The van der Waals surface area contributed by atoms with Crippen molar-refractivity contribution in [2.45, 2.75) is 24.0 Å². The lowest BCUT2D eigenvalue weighted by Gasteiger charge is -2.12. The van der Waals surface area contributed by atoms with Crippen LogP contribution in [0.4, 0.5) is 11.4 Å². The van der Waals surface area contributed by atoms with Gasteiger partial charge in [-0.15, -0.1) is 0 Å². The van der Waals surface area contributed by atoms with Gasteiger partial charge < -0.3 is 5.32 Å². The lowest BCUT2D eigenvalue weighted by atomic mass is 10.2. The smallest absolute Gasteiger partial charge is 0.271 e. The Morgan fingerprint density at radius 3 is 2.79 bits per heavy atom. The van der Waals surface area contributed by atoms with Crippen LogP contribution in [0.15, 0.2) is 58.5 Å². The first-order chi connectivity index (χ1) is 13.5. The highest BCUT2D eigenvalue weighted by atomic mass is 32.2. The molecule has 1 amide bonds. The van der Waals surface area contributed by atoms with Crippen LogP contribution in [0, 0.1) is 10.1 Å². The molecule has 1 aliphatic carbocycles. The van der Waals surface area contributed by atoms with Crippen LogP contribution in [0.2, 0.25) is 0 Å². The number of carbonyl (C=O) groups is 1. The van der Waals surface area contributed by atoms with Crippen LogP contribution < -0.4 is 10.9 Å². The quantitative estimate of drug-likeness (QED) is 0.296. The third-order valence-corrected chi connectivity index (χ3v) is 5.31. The Bertz CT molecular complexity index is 1140. The lowest BCUT2D eigenvalue weighted by Crippen LogP contribution is -2.23. The van der Waals surface area contributed by atoms with Crippen LogP contribution in [0.25, 0.3) is 10.9 Å². The Morgan fingerprint density at radius 1 is 1.25 bits per heavy atom. The number of rotatable bonds is 6. The van der Waals surface area contributed by atoms with E-state index in [1.165, 1.54) is 30.0 Å². The molecule has 1 saturated carbocycles. The average Bonchev–Trinajstić information content (AvgIpc) is 3.51. The second-order valence-corrected chi connectivity index (χ2v) is 7.40. The number of nitrogens with zero attached hydrogens (tertiary/aromatic N) is 3. The van der Waals surface area contributed by atoms with E-state index in [2.05, 4.69) is 10.3 Å². The van der Waals surface area contributed by atoms with E-state index in [0.29, 0.717) is 21.7 Å². The van der Waals surface area contributed by atoms with Crippen molar-refractivity contribution < 1.29 is 9.72 Å². The molecule has 142 valence electrons. The number of nitrogens with one attached hydrogen (secondary N) is 1. The highest BCUT2D eigenvalue weighted by molar-refractivity contribution is 7.99. The molecule has 4 rings (SSSR count). The lowest BCUT2D eigenvalue weighted by molar-refractivity contribution is -0.384. The molecule has 8 nitrogen and oxygen atoms in total. The Labute approximate surface area is 163 Å². The van der Waals surface area contributed by atoms with Gasteiger partial charge in [0.1, 0.15) is 0 Å². The van der Waals surface area contributed by atoms with Crippen molar-refractivity contribution in [3.05, 3.63) is 69.0 Å². The minimum absolute atomic E-state index is 0.0419. The number of hydrogen-bond donors (Lipinski definition) is 1. The topological polar surface area (TPSA) is 107 Å². The van der Waals surface area contributed by atoms with Crippen molar-refractivity contribution in [3.8, 4) is 0 Å². The SMILES string of the molecule is O=C(CSc1nc2ccccc2c(=O)n1C1CC1)Nc1cccc([N+](=O)[O-])c1. The summed E-state index contributed by atoms with van der Waals surface area (Å²) >= 11 is 1.19. The van der Waals surface area contributed by atoms with Crippen molar-refractivity contribution in [2.24, 2.45) is 0 Å². The Balaban J connectivity index is 1.53. The van der Waals surface area contributed by atoms with E-state index in [1.54, 1.807) is 22.8 Å². The number of aromatic nitrogens is 2. The van der Waals surface area contributed by atoms with Crippen molar-refractivity contribution >= 4 is 39.9 Å². The number of nitro groups is 1. The van der Waals surface area contributed by atoms with Crippen molar-refractivity contribution in [2.75, 3.05) is 11.1 Å². The molecule has 0 spiro atoms. The van der Waals surface area contributed by atoms with Gasteiger partial charge in [0.05, 0.1) is 21.6 Å². The number of nitro benzene ring substituents is 1. The number of anilines is 1. The summed E-state index contributed by atoms with van der Waals surface area (Å²) in [5, 5.41) is 14.6. The van der Waals surface area contributed by atoms with Gasteiger partial charge in [-0.05, 0) is 31.0 Å². The van der Waals surface area contributed by atoms with Gasteiger partial charge in [-0.3, -0.25) is 24.3 Å². The molecule has 0 aliphatic heterocycles. The fourth-order valence-corrected chi connectivity index (χ4v) is 3.77. The summed E-state index contributed by atoms with van der Waals surface area (Å²) in [5.74, 6) is -0.282. The van der Waals surface area contributed by atoms with Crippen LogP contribution in [0.5, 0.6) is 0 Å². The van der Waals surface area contributed by atoms with E-state index >= 15 is 0 Å². The van der Waals surface area contributed by atoms with E-state index in [-0.39, 0.29) is 28.9 Å². The highest BCUT2D eigenvalue weighted by Crippen LogP contribution is 2.36. The van der Waals surface area contributed by atoms with Crippen molar-refractivity contribution in [1.29, 1.82) is 0 Å². The van der Waals surface area contributed by atoms with E-state index in [0.717, 1.165) is 12.8 Å². The molecule has 0 atom stereocenters. The maximum atomic E-state index is 12.8. The van der Waals surface area contributed by atoms with E-state index in [4.69, 9.17) is 0 Å². The van der Waals surface area contributed by atoms with Crippen molar-refractivity contribution in [1.82, 2.24) is 9.55 Å². The van der Waals surface area contributed by atoms with Crippen LogP contribution in [0.3, 0.4) is 0 Å². The second kappa shape index (κ2) is 7.43. The van der Waals surface area contributed by atoms with Crippen LogP contribution >= 0.6 is 11.8 Å². The molecule has 1 N–H and O–H groups in total. The molecule has 9 heteroatoms. The first-order valence-electron chi connectivity index (χ1n) is 8.71. The molecular formula is C19H16N4O4S. The molecule has 2 aromatic carbocycles. The van der Waals surface area contributed by atoms with E-state index in [1.807, 2.05) is 12.1 Å². The van der Waals surface area contributed by atoms with Gasteiger partial charge in [0.25, 0.3) is 11.2 Å². The summed E-state index contributed by atoms with van der Waals surface area (Å²) in [4.78, 5) is 40.0. The van der Waals surface area contributed by atoms with Gasteiger partial charge >= 0.3 is 0 Å². The monoisotopic (exact) mass is 396 g/mol. The fraction of sp³-hybridized carbons (Fsp3) is 0.211. The van der Waals surface area contributed by atoms with Gasteiger partial charge in [-0.25, -0.2) is 4.98 Å². The first kappa shape index (κ1) is 18.2. The Kier molecular flexibility index (Phi) is 4.82. The predicted molar refractivity (Wildman–Crippen MR) is 107 cm³/mol. The predicted octanol–water partition coefficient (Wildman–Crippen LogP) is 3.37. The fourth-order valence-electron chi connectivity index (χ4n) is 2.91. The van der Waals surface area contributed by atoms with Gasteiger partial charge in [-0.2, -0.15) is 0 Å². The molecule has 3 aromatic rings. The third kappa shape index (κ3) is 3.74. The molecule has 1 aromatic heterocycles.